The van der Waals surface area contributed by atoms with Gasteiger partial charge in [0.05, 0.1) is 26.4 Å². The third kappa shape index (κ3) is 2.38. The highest BCUT2D eigenvalue weighted by Gasteiger charge is 2.24. The number of hydrogen-bond acceptors (Lipinski definition) is 2. The van der Waals surface area contributed by atoms with Crippen molar-refractivity contribution in [2.24, 2.45) is 0 Å². The van der Waals surface area contributed by atoms with E-state index in [0.717, 1.165) is 57.9 Å². The van der Waals surface area contributed by atoms with Gasteiger partial charge in [-0.15, -0.1) is 0 Å². The fourth-order valence-electron chi connectivity index (χ4n) is 1.70. The van der Waals surface area contributed by atoms with Gasteiger partial charge in [-0.25, -0.2) is 9.48 Å². The first-order chi connectivity index (χ1) is 6.88. The molecule has 2 fully saturated rings. The number of hydrogen-bond donors (Lipinski definition) is 0. The van der Waals surface area contributed by atoms with Gasteiger partial charge in [0.2, 0.25) is 0 Å². The lowest BCUT2D eigenvalue weighted by Gasteiger charge is -2.24. The van der Waals surface area contributed by atoms with Gasteiger partial charge in [-0.1, -0.05) is 0 Å². The molecule has 0 spiro atoms. The van der Waals surface area contributed by atoms with Gasteiger partial charge in [-0.05, 0) is 0 Å². The fraction of sp³-hybridized carbons (Fsp3) is 0.889. The molecule has 2 rings (SSSR count). The van der Waals surface area contributed by atoms with Crippen LogP contribution < -0.4 is 0 Å². The summed E-state index contributed by atoms with van der Waals surface area (Å²) in [6.07, 6.45) is 0. The first-order valence-corrected chi connectivity index (χ1v) is 5.43. The Labute approximate surface area is 89.0 Å². The molecule has 0 unspecified atom stereocenters. The second-order valence-electron chi connectivity index (χ2n) is 3.47. The zero-order chi connectivity index (χ0) is 9.80. The van der Waals surface area contributed by atoms with E-state index >= 15 is 0 Å². The van der Waals surface area contributed by atoms with Gasteiger partial charge in [-0.2, -0.15) is 0 Å². The van der Waals surface area contributed by atoms with E-state index in [9.17, 15) is 0 Å². The Kier molecular flexibility index (Phi) is 3.61. The van der Waals surface area contributed by atoms with Crippen molar-refractivity contribution in [3.63, 3.8) is 0 Å². The minimum Gasteiger partial charge on any atom is -0.373 e. The Bertz CT molecular complexity index is 219. The second-order valence-corrected chi connectivity index (χ2v) is 3.81. The molecule has 4 nitrogen and oxygen atoms in total. The SMILES string of the molecule is ClC(N1CCOCC1)=[N+]1CCOCC1. The Hall–Kier alpha value is -0.320. The summed E-state index contributed by atoms with van der Waals surface area (Å²) in [4.78, 5) is 2.18. The quantitative estimate of drug-likeness (QED) is 0.325. The molecule has 2 aliphatic rings. The number of amidine groups is 1. The van der Waals surface area contributed by atoms with Crippen molar-refractivity contribution in [1.29, 1.82) is 0 Å². The molecule has 0 radical (unpaired) electrons. The van der Waals surface area contributed by atoms with E-state index in [1.54, 1.807) is 0 Å². The van der Waals surface area contributed by atoms with Gasteiger partial charge in [0.15, 0.2) is 0 Å². The first-order valence-electron chi connectivity index (χ1n) is 5.06. The van der Waals surface area contributed by atoms with Crippen molar-refractivity contribution in [1.82, 2.24) is 4.90 Å². The summed E-state index contributed by atoms with van der Waals surface area (Å²) in [7, 11) is 0. The normalized spacial score (nSPS) is 23.8. The molecule has 2 saturated heterocycles. The van der Waals surface area contributed by atoms with Crippen LogP contribution >= 0.6 is 11.6 Å². The predicted octanol–water partition coefficient (Wildman–Crippen LogP) is -0.0439. The summed E-state index contributed by atoms with van der Waals surface area (Å²) < 4.78 is 12.7. The first kappa shape index (κ1) is 10.2. The Morgan fingerprint density at radius 3 is 2.21 bits per heavy atom. The molecule has 0 saturated carbocycles. The van der Waals surface area contributed by atoms with Crippen LogP contribution in [-0.4, -0.2) is 67.4 Å². The van der Waals surface area contributed by atoms with Crippen LogP contribution in [0.3, 0.4) is 0 Å². The molecule has 0 aliphatic carbocycles. The smallest absolute Gasteiger partial charge is 0.345 e. The number of morpholine rings is 2. The third-order valence-electron chi connectivity index (χ3n) is 2.54. The average molecular weight is 220 g/mol. The highest BCUT2D eigenvalue weighted by atomic mass is 35.5. The lowest BCUT2D eigenvalue weighted by atomic mass is 10.4. The number of nitrogens with zero attached hydrogens (tertiary/aromatic N) is 2. The topological polar surface area (TPSA) is 24.7 Å². The van der Waals surface area contributed by atoms with Gasteiger partial charge in [0.1, 0.15) is 26.2 Å². The highest BCUT2D eigenvalue weighted by molar-refractivity contribution is 6.63. The van der Waals surface area contributed by atoms with Crippen molar-refractivity contribution < 1.29 is 14.0 Å². The summed E-state index contributed by atoms with van der Waals surface area (Å²) in [5.74, 6) is 0. The second kappa shape index (κ2) is 4.96. The minimum atomic E-state index is 0.778. The molecular weight excluding hydrogens is 204 g/mol. The maximum absolute atomic E-state index is 6.30. The van der Waals surface area contributed by atoms with Crippen LogP contribution in [0.1, 0.15) is 0 Å². The van der Waals surface area contributed by atoms with Gasteiger partial charge in [-0.3, -0.25) is 0 Å². The molecule has 2 heterocycles. The number of halogens is 1. The summed E-state index contributed by atoms with van der Waals surface area (Å²) in [6.45, 7) is 6.71. The maximum atomic E-state index is 6.30. The highest BCUT2D eigenvalue weighted by Crippen LogP contribution is 2.03. The largest absolute Gasteiger partial charge is 0.373 e. The number of rotatable bonds is 0. The van der Waals surface area contributed by atoms with Crippen LogP contribution in [0.2, 0.25) is 0 Å². The molecule has 0 amide bonds. The molecule has 0 aromatic rings. The molecule has 14 heavy (non-hydrogen) atoms. The van der Waals surface area contributed by atoms with E-state index in [2.05, 4.69) is 9.48 Å². The monoisotopic (exact) mass is 219 g/mol. The van der Waals surface area contributed by atoms with Crippen molar-refractivity contribution >= 4 is 16.9 Å². The predicted molar refractivity (Wildman–Crippen MR) is 54.1 cm³/mol. The Balaban J connectivity index is 1.99. The van der Waals surface area contributed by atoms with E-state index in [-0.39, 0.29) is 0 Å². The van der Waals surface area contributed by atoms with Gasteiger partial charge < -0.3 is 9.47 Å². The van der Waals surface area contributed by atoms with Crippen LogP contribution in [0, 0.1) is 0 Å². The molecule has 5 heteroatoms. The summed E-state index contributed by atoms with van der Waals surface area (Å²) >= 11 is 6.30. The van der Waals surface area contributed by atoms with Crippen LogP contribution in [0.5, 0.6) is 0 Å². The molecule has 0 aromatic heterocycles. The van der Waals surface area contributed by atoms with Gasteiger partial charge in [0.25, 0.3) is 0 Å². The van der Waals surface area contributed by atoms with E-state index < -0.39 is 0 Å². The fourth-order valence-corrected chi connectivity index (χ4v) is 2.03. The zero-order valence-electron chi connectivity index (χ0n) is 8.25. The Morgan fingerprint density at radius 2 is 1.57 bits per heavy atom. The van der Waals surface area contributed by atoms with E-state index in [1.807, 2.05) is 0 Å². The molecule has 0 aromatic carbocycles. The summed E-state index contributed by atoms with van der Waals surface area (Å²) in [5.41, 5.74) is 0. The van der Waals surface area contributed by atoms with E-state index in [4.69, 9.17) is 21.1 Å². The Morgan fingerprint density at radius 1 is 1.00 bits per heavy atom. The van der Waals surface area contributed by atoms with E-state index in [1.165, 1.54) is 0 Å². The molecule has 2 aliphatic heterocycles. The number of ether oxygens (including phenoxy) is 2. The minimum absolute atomic E-state index is 0.778. The standard InChI is InChI=1S/C9H16ClN2O2/c10-9(11-1-5-13-6-2-11)12-3-7-14-8-4-12/h1-8H2/q+1. The van der Waals surface area contributed by atoms with Crippen molar-refractivity contribution in [2.45, 2.75) is 0 Å². The molecular formula is C9H16ClN2O2+. The van der Waals surface area contributed by atoms with Crippen LogP contribution in [0.4, 0.5) is 0 Å². The van der Waals surface area contributed by atoms with Crippen LogP contribution in [0.15, 0.2) is 0 Å². The van der Waals surface area contributed by atoms with Gasteiger partial charge in [0, 0.05) is 11.6 Å². The maximum Gasteiger partial charge on any atom is 0.345 e. The molecule has 0 bridgehead atoms. The van der Waals surface area contributed by atoms with Crippen LogP contribution in [-0.2, 0) is 9.47 Å². The lowest BCUT2D eigenvalue weighted by Crippen LogP contribution is -2.44. The summed E-state index contributed by atoms with van der Waals surface area (Å²) in [6, 6.07) is 0. The molecule has 80 valence electrons. The van der Waals surface area contributed by atoms with Crippen molar-refractivity contribution in [2.75, 3.05) is 52.6 Å². The molecule has 0 atom stereocenters. The van der Waals surface area contributed by atoms with E-state index in [0.29, 0.717) is 0 Å². The molecule has 0 N–H and O–H groups in total. The lowest BCUT2D eigenvalue weighted by molar-refractivity contribution is -0.551. The zero-order valence-corrected chi connectivity index (χ0v) is 9.00. The average Bonchev–Trinajstić information content (AvgIpc) is 2.30. The third-order valence-corrected chi connectivity index (χ3v) is 3.02. The van der Waals surface area contributed by atoms with Crippen LogP contribution in [0.25, 0.3) is 0 Å². The van der Waals surface area contributed by atoms with Crippen molar-refractivity contribution in [3.8, 4) is 0 Å². The van der Waals surface area contributed by atoms with Gasteiger partial charge >= 0.3 is 5.29 Å². The van der Waals surface area contributed by atoms with Crippen molar-refractivity contribution in [3.05, 3.63) is 0 Å². The summed E-state index contributed by atoms with van der Waals surface area (Å²) in [5, 5.41) is 0.858.